The second-order valence-electron chi connectivity index (χ2n) is 3.22. The SMILES string of the molecule is C[C@@H](N)Cn1nc2ccccc2n1. The molecule has 2 rings (SSSR count). The Balaban J connectivity index is 2.38. The molecular formula is C9H12N4. The summed E-state index contributed by atoms with van der Waals surface area (Å²) in [6.07, 6.45) is 0. The van der Waals surface area contributed by atoms with Crippen LogP contribution in [0.4, 0.5) is 0 Å². The first-order valence-electron chi connectivity index (χ1n) is 4.31. The highest BCUT2D eigenvalue weighted by molar-refractivity contribution is 5.72. The van der Waals surface area contributed by atoms with Crippen LogP contribution in [0.25, 0.3) is 11.0 Å². The number of nitrogens with two attached hydrogens (primary N) is 1. The van der Waals surface area contributed by atoms with Crippen LogP contribution in [0.2, 0.25) is 0 Å². The van der Waals surface area contributed by atoms with Gasteiger partial charge in [0.15, 0.2) is 0 Å². The van der Waals surface area contributed by atoms with E-state index in [0.29, 0.717) is 6.54 Å². The van der Waals surface area contributed by atoms with Crippen molar-refractivity contribution in [2.24, 2.45) is 5.73 Å². The topological polar surface area (TPSA) is 56.7 Å². The minimum absolute atomic E-state index is 0.0850. The van der Waals surface area contributed by atoms with Crippen LogP contribution in [0.5, 0.6) is 0 Å². The molecule has 0 spiro atoms. The molecule has 2 aromatic rings. The first kappa shape index (κ1) is 8.19. The van der Waals surface area contributed by atoms with Gasteiger partial charge in [0.05, 0.1) is 6.54 Å². The zero-order valence-electron chi connectivity index (χ0n) is 7.51. The van der Waals surface area contributed by atoms with Crippen LogP contribution in [0.15, 0.2) is 24.3 Å². The smallest absolute Gasteiger partial charge is 0.113 e. The summed E-state index contributed by atoms with van der Waals surface area (Å²) in [6.45, 7) is 2.60. The molecular weight excluding hydrogens is 164 g/mol. The Morgan fingerprint density at radius 1 is 1.31 bits per heavy atom. The van der Waals surface area contributed by atoms with E-state index in [0.717, 1.165) is 11.0 Å². The molecule has 0 aliphatic carbocycles. The lowest BCUT2D eigenvalue weighted by molar-refractivity contribution is 0.488. The average Bonchev–Trinajstić information content (AvgIpc) is 2.44. The average molecular weight is 176 g/mol. The lowest BCUT2D eigenvalue weighted by Crippen LogP contribution is -2.23. The third-order valence-corrected chi connectivity index (χ3v) is 1.78. The number of fused-ring (bicyclic) bond motifs is 1. The maximum atomic E-state index is 5.65. The number of hydrogen-bond acceptors (Lipinski definition) is 3. The summed E-state index contributed by atoms with van der Waals surface area (Å²) >= 11 is 0. The molecule has 1 aromatic heterocycles. The molecule has 0 saturated carbocycles. The van der Waals surface area contributed by atoms with Gasteiger partial charge in [-0.2, -0.15) is 15.0 Å². The van der Waals surface area contributed by atoms with Gasteiger partial charge in [0.2, 0.25) is 0 Å². The Bertz CT molecular complexity index is 372. The van der Waals surface area contributed by atoms with Crippen molar-refractivity contribution >= 4 is 11.0 Å². The van der Waals surface area contributed by atoms with Gasteiger partial charge in [0.1, 0.15) is 11.0 Å². The van der Waals surface area contributed by atoms with Crippen molar-refractivity contribution < 1.29 is 0 Å². The molecule has 0 aliphatic heterocycles. The van der Waals surface area contributed by atoms with E-state index in [1.807, 2.05) is 31.2 Å². The predicted molar refractivity (Wildman–Crippen MR) is 51.2 cm³/mol. The number of rotatable bonds is 2. The Morgan fingerprint density at radius 3 is 2.31 bits per heavy atom. The predicted octanol–water partition coefficient (Wildman–Crippen LogP) is 0.778. The van der Waals surface area contributed by atoms with Crippen LogP contribution in [0, 0.1) is 0 Å². The van der Waals surface area contributed by atoms with Gasteiger partial charge in [-0.15, -0.1) is 0 Å². The molecule has 0 amide bonds. The molecule has 2 N–H and O–H groups in total. The zero-order valence-corrected chi connectivity index (χ0v) is 7.51. The van der Waals surface area contributed by atoms with Crippen LogP contribution in [0.3, 0.4) is 0 Å². The van der Waals surface area contributed by atoms with Crippen molar-refractivity contribution in [2.75, 3.05) is 0 Å². The highest BCUT2D eigenvalue weighted by atomic mass is 15.5. The van der Waals surface area contributed by atoms with E-state index in [9.17, 15) is 0 Å². The molecule has 1 aromatic carbocycles. The van der Waals surface area contributed by atoms with Crippen molar-refractivity contribution in [1.29, 1.82) is 0 Å². The number of nitrogens with zero attached hydrogens (tertiary/aromatic N) is 3. The van der Waals surface area contributed by atoms with Crippen molar-refractivity contribution in [3.05, 3.63) is 24.3 Å². The van der Waals surface area contributed by atoms with Gasteiger partial charge in [0.25, 0.3) is 0 Å². The van der Waals surface area contributed by atoms with E-state index in [1.165, 1.54) is 0 Å². The fraction of sp³-hybridized carbons (Fsp3) is 0.333. The van der Waals surface area contributed by atoms with Crippen LogP contribution in [-0.4, -0.2) is 21.0 Å². The van der Waals surface area contributed by atoms with Gasteiger partial charge >= 0.3 is 0 Å². The summed E-state index contributed by atoms with van der Waals surface area (Å²) in [5, 5.41) is 8.56. The molecule has 68 valence electrons. The Kier molecular flexibility index (Phi) is 1.98. The van der Waals surface area contributed by atoms with E-state index < -0.39 is 0 Å². The highest BCUT2D eigenvalue weighted by Crippen LogP contribution is 2.06. The Morgan fingerprint density at radius 2 is 1.85 bits per heavy atom. The molecule has 0 aliphatic rings. The fourth-order valence-electron chi connectivity index (χ4n) is 1.24. The minimum Gasteiger partial charge on any atom is -0.326 e. The molecule has 1 heterocycles. The lowest BCUT2D eigenvalue weighted by Gasteiger charge is -2.01. The largest absolute Gasteiger partial charge is 0.326 e. The summed E-state index contributed by atoms with van der Waals surface area (Å²) < 4.78 is 0. The van der Waals surface area contributed by atoms with Crippen LogP contribution in [0.1, 0.15) is 6.92 Å². The van der Waals surface area contributed by atoms with Gasteiger partial charge in [0, 0.05) is 6.04 Å². The number of benzene rings is 1. The molecule has 0 unspecified atom stereocenters. The molecule has 0 fully saturated rings. The van der Waals surface area contributed by atoms with Gasteiger partial charge in [-0.1, -0.05) is 12.1 Å². The van der Waals surface area contributed by atoms with E-state index in [-0.39, 0.29) is 6.04 Å². The Labute approximate surface area is 76.3 Å². The summed E-state index contributed by atoms with van der Waals surface area (Å²) in [4.78, 5) is 1.65. The normalized spacial score (nSPS) is 13.4. The van der Waals surface area contributed by atoms with Crippen molar-refractivity contribution in [1.82, 2.24) is 15.0 Å². The van der Waals surface area contributed by atoms with Gasteiger partial charge in [-0.25, -0.2) is 0 Å². The second kappa shape index (κ2) is 3.14. The third-order valence-electron chi connectivity index (χ3n) is 1.78. The molecule has 4 nitrogen and oxygen atoms in total. The van der Waals surface area contributed by atoms with Crippen molar-refractivity contribution in [2.45, 2.75) is 19.5 Å². The molecule has 0 bridgehead atoms. The quantitative estimate of drug-likeness (QED) is 0.735. The zero-order chi connectivity index (χ0) is 9.26. The first-order valence-corrected chi connectivity index (χ1v) is 4.31. The summed E-state index contributed by atoms with van der Waals surface area (Å²) in [5.74, 6) is 0. The van der Waals surface area contributed by atoms with E-state index in [2.05, 4.69) is 10.2 Å². The van der Waals surface area contributed by atoms with Gasteiger partial charge < -0.3 is 5.73 Å². The Hall–Kier alpha value is -1.42. The van der Waals surface area contributed by atoms with Gasteiger partial charge in [-0.05, 0) is 19.1 Å². The molecule has 0 radical (unpaired) electrons. The van der Waals surface area contributed by atoms with Gasteiger partial charge in [-0.3, -0.25) is 0 Å². The molecule has 13 heavy (non-hydrogen) atoms. The van der Waals surface area contributed by atoms with Crippen LogP contribution >= 0.6 is 0 Å². The van der Waals surface area contributed by atoms with Crippen molar-refractivity contribution in [3.63, 3.8) is 0 Å². The van der Waals surface area contributed by atoms with Crippen LogP contribution in [-0.2, 0) is 6.54 Å². The fourth-order valence-corrected chi connectivity index (χ4v) is 1.24. The lowest BCUT2D eigenvalue weighted by atomic mass is 10.3. The number of aromatic nitrogens is 3. The monoisotopic (exact) mass is 176 g/mol. The summed E-state index contributed by atoms with van der Waals surface area (Å²) in [5.41, 5.74) is 7.48. The summed E-state index contributed by atoms with van der Waals surface area (Å²) in [7, 11) is 0. The van der Waals surface area contributed by atoms with Crippen molar-refractivity contribution in [3.8, 4) is 0 Å². The number of hydrogen-bond donors (Lipinski definition) is 1. The van der Waals surface area contributed by atoms with Crippen LogP contribution < -0.4 is 5.73 Å². The molecule has 0 saturated heterocycles. The highest BCUT2D eigenvalue weighted by Gasteiger charge is 2.02. The van der Waals surface area contributed by atoms with E-state index in [1.54, 1.807) is 4.80 Å². The minimum atomic E-state index is 0.0850. The third kappa shape index (κ3) is 1.67. The second-order valence-corrected chi connectivity index (χ2v) is 3.22. The maximum absolute atomic E-state index is 5.65. The molecule has 1 atom stereocenters. The summed E-state index contributed by atoms with van der Waals surface area (Å²) in [6, 6.07) is 7.88. The maximum Gasteiger partial charge on any atom is 0.113 e. The van der Waals surface area contributed by atoms with E-state index in [4.69, 9.17) is 5.73 Å². The van der Waals surface area contributed by atoms with E-state index >= 15 is 0 Å². The standard InChI is InChI=1S/C9H12N4/c1-7(10)6-13-11-8-4-2-3-5-9(8)12-13/h2-5,7H,6,10H2,1H3/t7-/m1/s1. The first-order chi connectivity index (χ1) is 6.25. The molecule has 4 heteroatoms.